The normalized spacial score (nSPS) is 9.94. The molecular weight excluding hydrogens is 258 g/mol. The molecule has 0 amide bonds. The molecule has 0 radical (unpaired) electrons. The summed E-state index contributed by atoms with van der Waals surface area (Å²) in [6.45, 7) is 1.13. The number of aromatic nitrogens is 2. The van der Waals surface area contributed by atoms with Crippen LogP contribution < -0.4 is 5.32 Å². The molecule has 1 rings (SSSR count). The minimum absolute atomic E-state index is 0.348. The summed E-state index contributed by atoms with van der Waals surface area (Å²) in [5.74, 6) is 5.49. The number of nitrogens with zero attached hydrogens (tertiary/aromatic N) is 2. The van der Waals surface area contributed by atoms with Gasteiger partial charge in [0.05, 0.1) is 5.75 Å². The van der Waals surface area contributed by atoms with E-state index in [-0.39, 0.29) is 0 Å². The zero-order chi connectivity index (χ0) is 12.5. The van der Waals surface area contributed by atoms with Crippen molar-refractivity contribution in [3.63, 3.8) is 0 Å². The minimum Gasteiger partial charge on any atom is -0.377 e. The van der Waals surface area contributed by atoms with Crippen molar-refractivity contribution in [3.05, 3.63) is 17.0 Å². The van der Waals surface area contributed by atoms with Gasteiger partial charge in [0.1, 0.15) is 17.6 Å². The minimum atomic E-state index is 0.348. The monoisotopic (exact) mass is 271 g/mol. The van der Waals surface area contributed by atoms with Crippen LogP contribution in [-0.4, -0.2) is 35.1 Å². The molecule has 0 unspecified atom stereocenters. The van der Waals surface area contributed by atoms with Crippen molar-refractivity contribution in [3.8, 4) is 12.3 Å². The van der Waals surface area contributed by atoms with Gasteiger partial charge in [0.25, 0.3) is 0 Å². The van der Waals surface area contributed by atoms with Gasteiger partial charge in [-0.2, -0.15) is 0 Å². The molecule has 0 aliphatic rings. The van der Waals surface area contributed by atoms with Crippen molar-refractivity contribution in [2.45, 2.75) is 6.61 Å². The summed E-state index contributed by atoms with van der Waals surface area (Å²) in [4.78, 5) is 8.30. The maximum absolute atomic E-state index is 5.87. The zero-order valence-electron chi connectivity index (χ0n) is 9.57. The van der Waals surface area contributed by atoms with E-state index in [1.165, 1.54) is 0 Å². The maximum Gasteiger partial charge on any atom is 0.158 e. The molecule has 17 heavy (non-hydrogen) atoms. The van der Waals surface area contributed by atoms with Gasteiger partial charge in [0, 0.05) is 25.5 Å². The van der Waals surface area contributed by atoms with Crippen molar-refractivity contribution in [2.24, 2.45) is 0 Å². The van der Waals surface area contributed by atoms with E-state index in [0.29, 0.717) is 23.4 Å². The molecule has 0 aliphatic heterocycles. The molecule has 0 fully saturated rings. The Bertz CT molecular complexity index is 395. The van der Waals surface area contributed by atoms with Gasteiger partial charge in [-0.25, -0.2) is 9.97 Å². The Morgan fingerprint density at radius 2 is 2.41 bits per heavy atom. The number of hydrogen-bond acceptors (Lipinski definition) is 5. The lowest BCUT2D eigenvalue weighted by Crippen LogP contribution is -2.08. The van der Waals surface area contributed by atoms with E-state index in [1.807, 2.05) is 0 Å². The fourth-order valence-electron chi connectivity index (χ4n) is 1.13. The fourth-order valence-corrected chi connectivity index (χ4v) is 1.84. The number of rotatable bonds is 7. The molecule has 0 bridgehead atoms. The van der Waals surface area contributed by atoms with E-state index in [1.54, 1.807) is 24.9 Å². The highest BCUT2D eigenvalue weighted by molar-refractivity contribution is 7.99. The fraction of sp³-hybridized carbons (Fsp3) is 0.455. The van der Waals surface area contributed by atoms with Crippen LogP contribution in [0.5, 0.6) is 0 Å². The first kappa shape index (κ1) is 14.1. The first-order valence-electron chi connectivity index (χ1n) is 5.03. The summed E-state index contributed by atoms with van der Waals surface area (Å²) in [5.41, 5.74) is 0. The highest BCUT2D eigenvalue weighted by Crippen LogP contribution is 2.12. The molecule has 0 aromatic carbocycles. The summed E-state index contributed by atoms with van der Waals surface area (Å²) in [5, 5.41) is 3.57. The first-order valence-corrected chi connectivity index (χ1v) is 6.57. The number of thioether (sulfide) groups is 1. The maximum atomic E-state index is 5.87. The van der Waals surface area contributed by atoms with Crippen molar-refractivity contribution in [1.82, 2.24) is 9.97 Å². The lowest BCUT2D eigenvalue weighted by Gasteiger charge is -2.06. The van der Waals surface area contributed by atoms with Crippen LogP contribution in [-0.2, 0) is 11.3 Å². The third-order valence-electron chi connectivity index (χ3n) is 1.75. The number of ether oxygens (including phenoxy) is 1. The van der Waals surface area contributed by atoms with Gasteiger partial charge in [-0.15, -0.1) is 18.2 Å². The van der Waals surface area contributed by atoms with Crippen LogP contribution in [0, 0.1) is 12.3 Å². The third-order valence-corrected chi connectivity index (χ3v) is 2.81. The van der Waals surface area contributed by atoms with Crippen molar-refractivity contribution < 1.29 is 4.74 Å². The van der Waals surface area contributed by atoms with Crippen LogP contribution >= 0.6 is 23.4 Å². The quantitative estimate of drug-likeness (QED) is 0.467. The molecule has 0 atom stereocenters. The lowest BCUT2D eigenvalue weighted by molar-refractivity contribution is 0.178. The molecule has 0 saturated carbocycles. The Kier molecular flexibility index (Phi) is 6.78. The number of halogens is 1. The second kappa shape index (κ2) is 8.18. The molecule has 4 nitrogen and oxygen atoms in total. The number of methoxy groups -OCH3 is 1. The van der Waals surface area contributed by atoms with Crippen LogP contribution in [0.15, 0.2) is 6.07 Å². The van der Waals surface area contributed by atoms with E-state index in [4.69, 9.17) is 22.8 Å². The van der Waals surface area contributed by atoms with Gasteiger partial charge in [-0.3, -0.25) is 0 Å². The van der Waals surface area contributed by atoms with Gasteiger partial charge in [0.2, 0.25) is 0 Å². The zero-order valence-corrected chi connectivity index (χ0v) is 11.1. The van der Waals surface area contributed by atoms with Crippen molar-refractivity contribution >= 4 is 29.2 Å². The second-order valence-electron chi connectivity index (χ2n) is 3.11. The topological polar surface area (TPSA) is 47.0 Å². The average Bonchev–Trinajstić information content (AvgIpc) is 2.28. The first-order chi connectivity index (χ1) is 8.26. The van der Waals surface area contributed by atoms with E-state index in [2.05, 4.69) is 21.2 Å². The third kappa shape index (κ3) is 5.78. The van der Waals surface area contributed by atoms with Gasteiger partial charge >= 0.3 is 0 Å². The van der Waals surface area contributed by atoms with Gasteiger partial charge in [-0.05, 0) is 0 Å². The Balaban J connectivity index is 2.44. The highest BCUT2D eigenvalue weighted by Gasteiger charge is 2.02. The van der Waals surface area contributed by atoms with Crippen LogP contribution in [0.25, 0.3) is 0 Å². The van der Waals surface area contributed by atoms with E-state index in [0.717, 1.165) is 18.1 Å². The summed E-state index contributed by atoms with van der Waals surface area (Å²) in [6.07, 6.45) is 5.15. The number of anilines is 1. The second-order valence-corrected chi connectivity index (χ2v) is 4.60. The smallest absolute Gasteiger partial charge is 0.158 e. The Labute approximate surface area is 111 Å². The molecule has 6 heteroatoms. The number of hydrogen-bond donors (Lipinski definition) is 1. The van der Waals surface area contributed by atoms with Crippen LogP contribution in [0.2, 0.25) is 5.15 Å². The van der Waals surface area contributed by atoms with E-state index >= 15 is 0 Å². The van der Waals surface area contributed by atoms with Gasteiger partial charge in [0.15, 0.2) is 5.82 Å². The summed E-state index contributed by atoms with van der Waals surface area (Å²) in [6, 6.07) is 1.69. The highest BCUT2D eigenvalue weighted by atomic mass is 35.5. The molecule has 1 heterocycles. The van der Waals surface area contributed by atoms with E-state index < -0.39 is 0 Å². The Morgan fingerprint density at radius 3 is 3.12 bits per heavy atom. The molecule has 0 spiro atoms. The molecule has 1 aromatic heterocycles. The molecule has 1 N–H and O–H groups in total. The Morgan fingerprint density at radius 1 is 1.59 bits per heavy atom. The van der Waals surface area contributed by atoms with E-state index in [9.17, 15) is 0 Å². The molecular formula is C11H14ClN3OS. The number of nitrogens with one attached hydrogen (secondary N) is 1. The van der Waals surface area contributed by atoms with Crippen LogP contribution in [0.1, 0.15) is 5.82 Å². The predicted molar refractivity (Wildman–Crippen MR) is 72.4 cm³/mol. The van der Waals surface area contributed by atoms with Crippen molar-refractivity contribution in [2.75, 3.05) is 30.5 Å². The summed E-state index contributed by atoms with van der Waals surface area (Å²) in [7, 11) is 1.59. The summed E-state index contributed by atoms with van der Waals surface area (Å²) >= 11 is 7.56. The largest absolute Gasteiger partial charge is 0.377 e. The standard InChI is InChI=1S/C11H14ClN3OS/c1-3-5-17-6-4-13-10-7-9(12)14-11(15-10)8-16-2/h1,7H,4-6,8H2,2H3,(H,13,14,15). The molecule has 0 saturated heterocycles. The number of terminal acetylenes is 1. The van der Waals surface area contributed by atoms with Crippen molar-refractivity contribution in [1.29, 1.82) is 0 Å². The summed E-state index contributed by atoms with van der Waals surface area (Å²) < 4.78 is 4.96. The molecule has 92 valence electrons. The average molecular weight is 272 g/mol. The molecule has 0 aliphatic carbocycles. The van der Waals surface area contributed by atoms with Crippen LogP contribution in [0.4, 0.5) is 5.82 Å². The van der Waals surface area contributed by atoms with Gasteiger partial charge < -0.3 is 10.1 Å². The van der Waals surface area contributed by atoms with Crippen LogP contribution in [0.3, 0.4) is 0 Å². The Hall–Kier alpha value is -0.960. The lowest BCUT2D eigenvalue weighted by atomic mass is 10.5. The SMILES string of the molecule is C#CCSCCNc1cc(Cl)nc(COC)n1. The molecule has 1 aromatic rings. The predicted octanol–water partition coefficient (Wildman–Crippen LogP) is 2.05. The van der Waals surface area contributed by atoms with Gasteiger partial charge in [-0.1, -0.05) is 17.5 Å².